The van der Waals surface area contributed by atoms with E-state index < -0.39 is 12.0 Å². The third-order valence-electron chi connectivity index (χ3n) is 3.78. The number of hydrogen-bond acceptors (Lipinski definition) is 5. The summed E-state index contributed by atoms with van der Waals surface area (Å²) < 4.78 is 10.4. The number of benzene rings is 1. The van der Waals surface area contributed by atoms with Gasteiger partial charge < -0.3 is 14.3 Å². The second-order valence-corrected chi connectivity index (χ2v) is 6.24. The van der Waals surface area contributed by atoms with Crippen molar-refractivity contribution in [1.82, 2.24) is 5.32 Å². The Morgan fingerprint density at radius 1 is 1.16 bits per heavy atom. The maximum absolute atomic E-state index is 11.4. The lowest BCUT2D eigenvalue weighted by Crippen LogP contribution is -2.37. The van der Waals surface area contributed by atoms with Crippen molar-refractivity contribution in [3.8, 4) is 11.3 Å². The maximum Gasteiger partial charge on any atom is 0.337 e. The highest BCUT2D eigenvalue weighted by molar-refractivity contribution is 5.89. The predicted octanol–water partition coefficient (Wildman–Crippen LogP) is 3.32. The van der Waals surface area contributed by atoms with E-state index in [1.54, 1.807) is 24.3 Å². The van der Waals surface area contributed by atoms with Gasteiger partial charge in [-0.05, 0) is 36.6 Å². The van der Waals surface area contributed by atoms with Crippen LogP contribution in [-0.4, -0.2) is 30.2 Å². The average molecular weight is 345 g/mol. The Labute approximate surface area is 146 Å². The topological polar surface area (TPSA) is 88.8 Å². The van der Waals surface area contributed by atoms with Gasteiger partial charge in [0.1, 0.15) is 17.6 Å². The number of esters is 1. The lowest BCUT2D eigenvalue weighted by atomic mass is 10.0. The summed E-state index contributed by atoms with van der Waals surface area (Å²) in [4.78, 5) is 22.7. The Balaban J connectivity index is 2.02. The highest BCUT2D eigenvalue weighted by atomic mass is 16.5. The quantitative estimate of drug-likeness (QED) is 0.714. The fourth-order valence-corrected chi connectivity index (χ4v) is 2.48. The van der Waals surface area contributed by atoms with Crippen molar-refractivity contribution in [2.45, 2.75) is 32.9 Å². The summed E-state index contributed by atoms with van der Waals surface area (Å²) in [6, 6.07) is 9.93. The summed E-state index contributed by atoms with van der Waals surface area (Å²) in [5, 5.41) is 12.3. The van der Waals surface area contributed by atoms with Gasteiger partial charge in [0.25, 0.3) is 0 Å². The highest BCUT2D eigenvalue weighted by Gasteiger charge is 2.18. The van der Waals surface area contributed by atoms with E-state index in [4.69, 9.17) is 4.42 Å². The standard InChI is InChI=1S/C19H23NO5/c1-12(2)10-16(18(21)22)20-11-15-8-9-17(25-15)13-4-6-14(7-5-13)19(23)24-3/h4-9,12,16,20H,10-11H2,1-3H3,(H,21,22). The van der Waals surface area contributed by atoms with E-state index in [2.05, 4.69) is 10.1 Å². The molecule has 0 amide bonds. The van der Waals surface area contributed by atoms with E-state index >= 15 is 0 Å². The first-order chi connectivity index (χ1) is 11.9. The first kappa shape index (κ1) is 18.7. The van der Waals surface area contributed by atoms with E-state index in [1.165, 1.54) is 7.11 Å². The van der Waals surface area contributed by atoms with Crippen LogP contribution in [0.2, 0.25) is 0 Å². The number of methoxy groups -OCH3 is 1. The van der Waals surface area contributed by atoms with Crippen molar-refractivity contribution in [3.05, 3.63) is 47.7 Å². The Morgan fingerprint density at radius 2 is 1.84 bits per heavy atom. The normalized spacial score (nSPS) is 12.2. The summed E-state index contributed by atoms with van der Waals surface area (Å²) in [6.45, 7) is 4.31. The van der Waals surface area contributed by atoms with Gasteiger partial charge in [0.15, 0.2) is 0 Å². The molecule has 0 spiro atoms. The van der Waals surface area contributed by atoms with Gasteiger partial charge in [0.05, 0.1) is 19.2 Å². The van der Waals surface area contributed by atoms with Crippen LogP contribution in [0.4, 0.5) is 0 Å². The SMILES string of the molecule is COC(=O)c1ccc(-c2ccc(CNC(CC(C)C)C(=O)O)o2)cc1. The molecule has 0 aliphatic heterocycles. The number of carbonyl (C=O) groups excluding carboxylic acids is 1. The number of rotatable bonds is 8. The van der Waals surface area contributed by atoms with Crippen molar-refractivity contribution >= 4 is 11.9 Å². The largest absolute Gasteiger partial charge is 0.480 e. The van der Waals surface area contributed by atoms with E-state index in [9.17, 15) is 14.7 Å². The third kappa shape index (κ3) is 5.19. The average Bonchev–Trinajstić information content (AvgIpc) is 3.06. The van der Waals surface area contributed by atoms with Crippen LogP contribution in [0.15, 0.2) is 40.8 Å². The summed E-state index contributed by atoms with van der Waals surface area (Å²) in [5.41, 5.74) is 1.30. The van der Waals surface area contributed by atoms with Crippen LogP contribution < -0.4 is 5.32 Å². The fourth-order valence-electron chi connectivity index (χ4n) is 2.48. The van der Waals surface area contributed by atoms with Crippen molar-refractivity contribution in [1.29, 1.82) is 0 Å². The zero-order valence-corrected chi connectivity index (χ0v) is 14.6. The predicted molar refractivity (Wildman–Crippen MR) is 93.2 cm³/mol. The van der Waals surface area contributed by atoms with Gasteiger partial charge in [-0.15, -0.1) is 0 Å². The van der Waals surface area contributed by atoms with Gasteiger partial charge in [-0.3, -0.25) is 10.1 Å². The molecule has 1 aromatic heterocycles. The Bertz CT molecular complexity index is 718. The second-order valence-electron chi connectivity index (χ2n) is 6.24. The monoisotopic (exact) mass is 345 g/mol. The number of carboxylic acids is 1. The Kier molecular flexibility index (Phi) is 6.36. The number of carbonyl (C=O) groups is 2. The molecular weight excluding hydrogens is 322 g/mol. The van der Waals surface area contributed by atoms with Gasteiger partial charge >= 0.3 is 11.9 Å². The van der Waals surface area contributed by atoms with Crippen molar-refractivity contribution in [3.63, 3.8) is 0 Å². The van der Waals surface area contributed by atoms with Crippen molar-refractivity contribution in [2.24, 2.45) is 5.92 Å². The van der Waals surface area contributed by atoms with Gasteiger partial charge in [-0.25, -0.2) is 4.79 Å². The van der Waals surface area contributed by atoms with Crippen LogP contribution in [0.1, 0.15) is 36.4 Å². The van der Waals surface area contributed by atoms with E-state index in [1.807, 2.05) is 26.0 Å². The maximum atomic E-state index is 11.4. The molecule has 0 radical (unpaired) electrons. The van der Waals surface area contributed by atoms with Gasteiger partial charge in [0.2, 0.25) is 0 Å². The molecule has 0 saturated heterocycles. The molecule has 134 valence electrons. The van der Waals surface area contributed by atoms with Crippen LogP contribution in [0.25, 0.3) is 11.3 Å². The van der Waals surface area contributed by atoms with Crippen molar-refractivity contribution < 1.29 is 23.8 Å². The molecule has 6 nitrogen and oxygen atoms in total. The first-order valence-corrected chi connectivity index (χ1v) is 8.14. The third-order valence-corrected chi connectivity index (χ3v) is 3.78. The summed E-state index contributed by atoms with van der Waals surface area (Å²) in [7, 11) is 1.34. The van der Waals surface area contributed by atoms with Gasteiger partial charge in [-0.2, -0.15) is 0 Å². The lowest BCUT2D eigenvalue weighted by Gasteiger charge is -2.15. The number of hydrogen-bond donors (Lipinski definition) is 2. The second kappa shape index (κ2) is 8.48. The summed E-state index contributed by atoms with van der Waals surface area (Å²) in [5.74, 6) is 0.347. The van der Waals surface area contributed by atoms with Crippen LogP contribution >= 0.6 is 0 Å². The molecule has 2 rings (SSSR count). The number of carboxylic acid groups (broad SMARTS) is 1. The van der Waals surface area contributed by atoms with E-state index in [-0.39, 0.29) is 11.9 Å². The number of aliphatic carboxylic acids is 1. The number of nitrogens with one attached hydrogen (secondary N) is 1. The molecule has 1 unspecified atom stereocenters. The number of furan rings is 1. The van der Waals surface area contributed by atoms with E-state index in [0.29, 0.717) is 30.0 Å². The lowest BCUT2D eigenvalue weighted by molar-refractivity contribution is -0.140. The molecule has 1 aromatic carbocycles. The molecule has 25 heavy (non-hydrogen) atoms. The molecule has 0 fully saturated rings. The minimum atomic E-state index is -0.862. The summed E-state index contributed by atoms with van der Waals surface area (Å²) in [6.07, 6.45) is 0.553. The molecule has 0 bridgehead atoms. The van der Waals surface area contributed by atoms with Crippen LogP contribution in [0.5, 0.6) is 0 Å². The molecular formula is C19H23NO5. The first-order valence-electron chi connectivity index (χ1n) is 8.14. The molecule has 2 aromatic rings. The van der Waals surface area contributed by atoms with E-state index in [0.717, 1.165) is 5.56 Å². The molecule has 0 aliphatic carbocycles. The molecule has 2 N–H and O–H groups in total. The smallest absolute Gasteiger partial charge is 0.337 e. The zero-order chi connectivity index (χ0) is 18.4. The van der Waals surface area contributed by atoms with Crippen molar-refractivity contribution in [2.75, 3.05) is 7.11 Å². The molecule has 1 heterocycles. The Morgan fingerprint density at radius 3 is 2.40 bits per heavy atom. The molecule has 0 saturated carbocycles. The molecule has 6 heteroatoms. The fraction of sp³-hybridized carbons (Fsp3) is 0.368. The number of ether oxygens (including phenoxy) is 1. The molecule has 1 atom stereocenters. The van der Waals surface area contributed by atoms with Crippen LogP contribution in [0, 0.1) is 5.92 Å². The highest BCUT2D eigenvalue weighted by Crippen LogP contribution is 2.23. The van der Waals surface area contributed by atoms with Gasteiger partial charge in [0, 0.05) is 5.56 Å². The Hall–Kier alpha value is -2.60. The minimum absolute atomic E-state index is 0.286. The van der Waals surface area contributed by atoms with Gasteiger partial charge in [-0.1, -0.05) is 26.0 Å². The van der Waals surface area contributed by atoms with Crippen LogP contribution in [0.3, 0.4) is 0 Å². The minimum Gasteiger partial charge on any atom is -0.480 e. The molecule has 0 aliphatic rings. The summed E-state index contributed by atoms with van der Waals surface area (Å²) >= 11 is 0. The zero-order valence-electron chi connectivity index (χ0n) is 14.6. The van der Waals surface area contributed by atoms with Crippen LogP contribution in [-0.2, 0) is 16.1 Å².